The normalized spacial score (nSPS) is 15.1. The molecule has 1 saturated heterocycles. The van der Waals surface area contributed by atoms with Gasteiger partial charge in [-0.2, -0.15) is 4.31 Å². The minimum atomic E-state index is -3.83. The lowest BCUT2D eigenvalue weighted by molar-refractivity contribution is -0.388. The van der Waals surface area contributed by atoms with E-state index in [1.165, 1.54) is 27.8 Å². The highest BCUT2D eigenvalue weighted by molar-refractivity contribution is 8.01. The summed E-state index contributed by atoms with van der Waals surface area (Å²) in [4.78, 5) is 11.2. The average Bonchev–Trinajstić information content (AvgIpc) is 3.21. The van der Waals surface area contributed by atoms with E-state index in [1.807, 2.05) is 6.92 Å². The lowest BCUT2D eigenvalue weighted by Gasteiger charge is -2.26. The maximum absolute atomic E-state index is 12.8. The average molecular weight is 490 g/mol. The molecular formula is C17H23N5O6S3. The molecule has 2 aromatic rings. The first-order valence-electron chi connectivity index (χ1n) is 9.61. The van der Waals surface area contributed by atoms with Gasteiger partial charge in [0.15, 0.2) is 4.34 Å². The molecule has 14 heteroatoms. The molecule has 0 unspecified atom stereocenters. The third kappa shape index (κ3) is 6.33. The Hall–Kier alpha value is -1.84. The first-order valence-corrected chi connectivity index (χ1v) is 12.7. The molecule has 0 bridgehead atoms. The van der Waals surface area contributed by atoms with Crippen molar-refractivity contribution in [3.05, 3.63) is 28.3 Å². The molecule has 1 aliphatic heterocycles. The zero-order valence-electron chi connectivity index (χ0n) is 16.9. The number of nitro benzene ring substituents is 1. The van der Waals surface area contributed by atoms with Crippen LogP contribution in [0.25, 0.3) is 0 Å². The zero-order valence-corrected chi connectivity index (χ0v) is 19.3. The first-order chi connectivity index (χ1) is 14.9. The van der Waals surface area contributed by atoms with Gasteiger partial charge in [0.2, 0.25) is 15.2 Å². The monoisotopic (exact) mass is 489 g/mol. The van der Waals surface area contributed by atoms with Gasteiger partial charge in [0.25, 0.3) is 5.69 Å². The summed E-state index contributed by atoms with van der Waals surface area (Å²) in [5, 5.41) is 23.4. The SMILES string of the molecule is CCOCCCNc1nnc(Sc2ccc(S(=O)(=O)N3CCOCC3)cc2[N+](=O)[O-])s1. The Kier molecular flexibility index (Phi) is 8.57. The second-order valence-electron chi connectivity index (χ2n) is 6.36. The fourth-order valence-electron chi connectivity index (χ4n) is 2.75. The summed E-state index contributed by atoms with van der Waals surface area (Å²) >= 11 is 2.35. The van der Waals surface area contributed by atoms with Gasteiger partial charge in [-0.3, -0.25) is 10.1 Å². The molecule has 170 valence electrons. The topological polar surface area (TPSA) is 137 Å². The van der Waals surface area contributed by atoms with Crippen molar-refractivity contribution in [2.45, 2.75) is 27.5 Å². The van der Waals surface area contributed by atoms with Gasteiger partial charge < -0.3 is 14.8 Å². The van der Waals surface area contributed by atoms with Crippen molar-refractivity contribution in [2.75, 3.05) is 51.4 Å². The maximum Gasteiger partial charge on any atom is 0.284 e. The molecule has 31 heavy (non-hydrogen) atoms. The lowest BCUT2D eigenvalue weighted by Crippen LogP contribution is -2.40. The Morgan fingerprint density at radius 2 is 2.13 bits per heavy atom. The molecule has 1 aromatic heterocycles. The van der Waals surface area contributed by atoms with Crippen LogP contribution in [-0.2, 0) is 19.5 Å². The Bertz CT molecular complexity index is 994. The van der Waals surface area contributed by atoms with Gasteiger partial charge in [-0.25, -0.2) is 8.42 Å². The van der Waals surface area contributed by atoms with Gasteiger partial charge in [0, 0.05) is 38.9 Å². The number of sulfonamides is 1. The fourth-order valence-corrected chi connectivity index (χ4v) is 6.00. The fraction of sp³-hybridized carbons (Fsp3) is 0.529. The van der Waals surface area contributed by atoms with Crippen LogP contribution in [0, 0.1) is 10.1 Å². The largest absolute Gasteiger partial charge is 0.382 e. The molecule has 0 aliphatic carbocycles. The van der Waals surface area contributed by atoms with Crippen LogP contribution in [0.1, 0.15) is 13.3 Å². The molecule has 2 heterocycles. The van der Waals surface area contributed by atoms with Gasteiger partial charge in [-0.1, -0.05) is 11.3 Å². The summed E-state index contributed by atoms with van der Waals surface area (Å²) in [7, 11) is -3.83. The first kappa shape index (κ1) is 23.8. The van der Waals surface area contributed by atoms with E-state index in [0.29, 0.717) is 47.3 Å². The number of anilines is 1. The van der Waals surface area contributed by atoms with Crippen LogP contribution in [0.3, 0.4) is 0 Å². The summed E-state index contributed by atoms with van der Waals surface area (Å²) < 4.78 is 37.8. The maximum atomic E-state index is 12.8. The van der Waals surface area contributed by atoms with E-state index < -0.39 is 14.9 Å². The second kappa shape index (κ2) is 11.2. The molecule has 0 radical (unpaired) electrons. The molecule has 0 amide bonds. The van der Waals surface area contributed by atoms with Crippen molar-refractivity contribution in [2.24, 2.45) is 0 Å². The summed E-state index contributed by atoms with van der Waals surface area (Å²) in [6.07, 6.45) is 0.820. The minimum absolute atomic E-state index is 0.112. The van der Waals surface area contributed by atoms with Gasteiger partial charge in [-0.05, 0) is 37.2 Å². The van der Waals surface area contributed by atoms with Crippen molar-refractivity contribution in [1.82, 2.24) is 14.5 Å². The number of morpholine rings is 1. The van der Waals surface area contributed by atoms with E-state index in [-0.39, 0.29) is 23.7 Å². The number of benzene rings is 1. The van der Waals surface area contributed by atoms with E-state index in [2.05, 4.69) is 15.5 Å². The molecule has 0 spiro atoms. The van der Waals surface area contributed by atoms with Gasteiger partial charge in [-0.15, -0.1) is 10.2 Å². The van der Waals surface area contributed by atoms with Crippen molar-refractivity contribution in [1.29, 1.82) is 0 Å². The Morgan fingerprint density at radius 1 is 1.35 bits per heavy atom. The molecule has 3 rings (SSSR count). The minimum Gasteiger partial charge on any atom is -0.382 e. The van der Waals surface area contributed by atoms with Crippen LogP contribution in [0.15, 0.2) is 32.3 Å². The molecule has 0 saturated carbocycles. The quantitative estimate of drug-likeness (QED) is 0.285. The summed E-state index contributed by atoms with van der Waals surface area (Å²) in [6, 6.07) is 3.92. The number of ether oxygens (including phenoxy) is 2. The number of nitro groups is 1. The van der Waals surface area contributed by atoms with Crippen LogP contribution in [0.4, 0.5) is 10.8 Å². The zero-order chi connectivity index (χ0) is 22.3. The number of hydrogen-bond donors (Lipinski definition) is 1. The Balaban J connectivity index is 1.71. The highest BCUT2D eigenvalue weighted by Crippen LogP contribution is 2.38. The van der Waals surface area contributed by atoms with Gasteiger partial charge >= 0.3 is 0 Å². The van der Waals surface area contributed by atoms with Gasteiger partial charge in [0.05, 0.1) is 27.9 Å². The van der Waals surface area contributed by atoms with Crippen molar-refractivity contribution >= 4 is 43.9 Å². The Morgan fingerprint density at radius 3 is 2.84 bits per heavy atom. The highest BCUT2D eigenvalue weighted by atomic mass is 32.2. The molecule has 1 N–H and O–H groups in total. The number of nitrogens with zero attached hydrogens (tertiary/aromatic N) is 4. The number of aromatic nitrogens is 2. The number of nitrogens with one attached hydrogen (secondary N) is 1. The summed E-state index contributed by atoms with van der Waals surface area (Å²) in [5.41, 5.74) is -0.291. The smallest absolute Gasteiger partial charge is 0.284 e. The molecule has 1 fully saturated rings. The standard InChI is InChI=1S/C17H23N5O6S3/c1-2-27-9-3-6-18-16-19-20-17(30-16)29-15-5-4-13(12-14(15)22(23)24)31(25,26)21-7-10-28-11-8-21/h4-5,12H,2-3,6-11H2,1H3,(H,18,19). The highest BCUT2D eigenvalue weighted by Gasteiger charge is 2.29. The number of rotatable bonds is 11. The van der Waals surface area contributed by atoms with E-state index in [9.17, 15) is 18.5 Å². The van der Waals surface area contributed by atoms with E-state index >= 15 is 0 Å². The van der Waals surface area contributed by atoms with Crippen molar-refractivity contribution in [3.63, 3.8) is 0 Å². The van der Waals surface area contributed by atoms with Gasteiger partial charge in [0.1, 0.15) is 0 Å². The summed E-state index contributed by atoms with van der Waals surface area (Å²) in [6.45, 7) is 4.97. The molecule has 1 aromatic carbocycles. The van der Waals surface area contributed by atoms with E-state index in [4.69, 9.17) is 9.47 Å². The summed E-state index contributed by atoms with van der Waals surface area (Å²) in [5.74, 6) is 0. The molecular weight excluding hydrogens is 466 g/mol. The Labute approximate surface area is 188 Å². The van der Waals surface area contributed by atoms with Crippen LogP contribution >= 0.6 is 23.1 Å². The van der Waals surface area contributed by atoms with E-state index in [0.717, 1.165) is 24.2 Å². The molecule has 11 nitrogen and oxygen atoms in total. The van der Waals surface area contributed by atoms with Crippen molar-refractivity contribution < 1.29 is 22.8 Å². The molecule has 0 atom stereocenters. The predicted molar refractivity (Wildman–Crippen MR) is 116 cm³/mol. The van der Waals surface area contributed by atoms with Crippen LogP contribution in [-0.4, -0.2) is 73.9 Å². The van der Waals surface area contributed by atoms with E-state index in [1.54, 1.807) is 0 Å². The predicted octanol–water partition coefficient (Wildman–Crippen LogP) is 2.46. The second-order valence-corrected chi connectivity index (χ2v) is 10.6. The molecule has 1 aliphatic rings. The van der Waals surface area contributed by atoms with Crippen LogP contribution < -0.4 is 5.32 Å². The third-order valence-corrected chi connectivity index (χ3v) is 8.18. The number of hydrogen-bond acceptors (Lipinski definition) is 11. The van der Waals surface area contributed by atoms with Crippen LogP contribution in [0.2, 0.25) is 0 Å². The van der Waals surface area contributed by atoms with Crippen molar-refractivity contribution in [3.8, 4) is 0 Å². The third-order valence-electron chi connectivity index (χ3n) is 4.28. The van der Waals surface area contributed by atoms with Crippen LogP contribution in [0.5, 0.6) is 0 Å². The lowest BCUT2D eigenvalue weighted by atomic mass is 10.3.